The summed E-state index contributed by atoms with van der Waals surface area (Å²) < 4.78 is 21.6. The second-order valence-corrected chi connectivity index (χ2v) is 6.56. The summed E-state index contributed by atoms with van der Waals surface area (Å²) in [7, 11) is 1.59. The van der Waals surface area contributed by atoms with Crippen molar-refractivity contribution in [1.29, 1.82) is 0 Å². The van der Waals surface area contributed by atoms with Gasteiger partial charge in [0.25, 0.3) is 0 Å². The van der Waals surface area contributed by atoms with E-state index in [-0.39, 0.29) is 12.4 Å². The van der Waals surface area contributed by atoms with E-state index >= 15 is 0 Å². The van der Waals surface area contributed by atoms with E-state index in [4.69, 9.17) is 18.3 Å². The van der Waals surface area contributed by atoms with Gasteiger partial charge in [-0.25, -0.2) is 9.78 Å². The third-order valence-corrected chi connectivity index (χ3v) is 4.82. The zero-order valence-corrected chi connectivity index (χ0v) is 15.0. The number of aryl methyl sites for hydroxylation is 1. The number of aromatic nitrogens is 1. The van der Waals surface area contributed by atoms with Gasteiger partial charge in [-0.3, -0.25) is 0 Å². The Morgan fingerprint density at radius 2 is 2.19 bits per heavy atom. The number of nitrogens with zero attached hydrogens (tertiary/aromatic N) is 1. The molecule has 0 saturated heterocycles. The third kappa shape index (κ3) is 2.97. The lowest BCUT2D eigenvalue weighted by atomic mass is 10.1. The van der Waals surface area contributed by atoms with Crippen molar-refractivity contribution in [3.05, 3.63) is 59.0 Å². The topological polar surface area (TPSA) is 74.7 Å². The third-order valence-electron chi connectivity index (χ3n) is 3.96. The van der Waals surface area contributed by atoms with E-state index in [2.05, 4.69) is 4.98 Å². The maximum atomic E-state index is 12.4. The maximum absolute atomic E-state index is 12.4. The molecule has 0 aliphatic rings. The molecule has 0 fully saturated rings. The first kappa shape index (κ1) is 16.4. The number of furan rings is 1. The second-order valence-electron chi connectivity index (χ2n) is 5.62. The molecule has 0 atom stereocenters. The summed E-state index contributed by atoms with van der Waals surface area (Å²) in [6.45, 7) is 1.82. The Balaban J connectivity index is 1.50. The van der Waals surface area contributed by atoms with Crippen LogP contribution in [-0.2, 0) is 11.3 Å². The van der Waals surface area contributed by atoms with Gasteiger partial charge in [-0.15, -0.1) is 11.3 Å². The van der Waals surface area contributed by atoms with E-state index in [9.17, 15) is 4.79 Å². The van der Waals surface area contributed by atoms with Crippen LogP contribution < -0.4 is 4.74 Å². The fraction of sp³-hybridized carbons (Fsp3) is 0.158. The minimum absolute atomic E-state index is 0.00746. The molecule has 0 saturated carbocycles. The van der Waals surface area contributed by atoms with E-state index in [0.29, 0.717) is 28.5 Å². The highest BCUT2D eigenvalue weighted by Crippen LogP contribution is 2.29. The normalized spacial score (nSPS) is 11.0. The highest BCUT2D eigenvalue weighted by molar-refractivity contribution is 7.13. The van der Waals surface area contributed by atoms with Gasteiger partial charge >= 0.3 is 5.97 Å². The molecule has 0 amide bonds. The van der Waals surface area contributed by atoms with Crippen LogP contribution >= 0.6 is 11.3 Å². The largest absolute Gasteiger partial charge is 0.497 e. The number of carbonyl (C=O) groups excluding carboxylic acids is 1. The predicted octanol–water partition coefficient (Wildman–Crippen LogP) is 4.82. The van der Waals surface area contributed by atoms with Crippen molar-refractivity contribution in [1.82, 2.24) is 4.98 Å². The molecular weight excluding hydrogens is 354 g/mol. The molecule has 4 rings (SSSR count). The number of hydrogen-bond donors (Lipinski definition) is 0. The summed E-state index contributed by atoms with van der Waals surface area (Å²) in [5.74, 6) is 0.844. The molecule has 0 unspecified atom stereocenters. The molecule has 0 bridgehead atoms. The van der Waals surface area contributed by atoms with Crippen molar-refractivity contribution in [2.75, 3.05) is 7.11 Å². The molecule has 7 heteroatoms. The van der Waals surface area contributed by atoms with E-state index in [1.807, 2.05) is 30.5 Å². The standard InChI is InChI=1S/C19H15NO5S/c1-11-14-8-13(22-2)5-6-15(14)25-17(11)19(21)24-10-12-9-23-18(20-12)16-4-3-7-26-16/h3-9H,10H2,1-2H3. The molecular formula is C19H15NO5S. The van der Waals surface area contributed by atoms with Gasteiger partial charge in [-0.1, -0.05) is 6.07 Å². The number of ether oxygens (including phenoxy) is 2. The zero-order chi connectivity index (χ0) is 18.1. The average molecular weight is 369 g/mol. The Kier molecular flexibility index (Phi) is 4.22. The molecule has 0 radical (unpaired) electrons. The Hall–Kier alpha value is -3.06. The van der Waals surface area contributed by atoms with Crippen LogP contribution in [0.3, 0.4) is 0 Å². The molecule has 3 heterocycles. The Labute approximate surface area is 153 Å². The molecule has 0 aliphatic heterocycles. The fourth-order valence-corrected chi connectivity index (χ4v) is 3.27. The lowest BCUT2D eigenvalue weighted by Gasteiger charge is -2.00. The molecule has 0 spiro atoms. The van der Waals surface area contributed by atoms with Gasteiger partial charge in [0.1, 0.15) is 29.9 Å². The fourth-order valence-electron chi connectivity index (χ4n) is 2.61. The number of fused-ring (bicyclic) bond motifs is 1. The number of oxazole rings is 1. The number of rotatable bonds is 5. The number of methoxy groups -OCH3 is 1. The van der Waals surface area contributed by atoms with Gasteiger partial charge in [0.15, 0.2) is 0 Å². The first-order valence-corrected chi connectivity index (χ1v) is 8.76. The number of thiophene rings is 1. The summed E-state index contributed by atoms with van der Waals surface area (Å²) in [6, 6.07) is 9.21. The minimum Gasteiger partial charge on any atom is -0.497 e. The van der Waals surface area contributed by atoms with Crippen molar-refractivity contribution >= 4 is 28.3 Å². The van der Waals surface area contributed by atoms with Crippen molar-refractivity contribution < 1.29 is 23.1 Å². The van der Waals surface area contributed by atoms with E-state index in [0.717, 1.165) is 10.3 Å². The van der Waals surface area contributed by atoms with Crippen LogP contribution in [0.15, 0.2) is 50.8 Å². The molecule has 26 heavy (non-hydrogen) atoms. The second kappa shape index (κ2) is 6.68. The highest BCUT2D eigenvalue weighted by atomic mass is 32.1. The van der Waals surface area contributed by atoms with Crippen LogP contribution in [0.4, 0.5) is 0 Å². The van der Waals surface area contributed by atoms with Crippen LogP contribution in [0, 0.1) is 6.92 Å². The molecule has 6 nitrogen and oxygen atoms in total. The van der Waals surface area contributed by atoms with Gasteiger partial charge < -0.3 is 18.3 Å². The van der Waals surface area contributed by atoms with Gasteiger partial charge in [-0.05, 0) is 36.6 Å². The molecule has 1 aromatic carbocycles. The quantitative estimate of drug-likeness (QED) is 0.469. The van der Waals surface area contributed by atoms with Gasteiger partial charge in [0, 0.05) is 10.9 Å². The molecule has 0 aliphatic carbocycles. The maximum Gasteiger partial charge on any atom is 0.374 e. The van der Waals surface area contributed by atoms with Crippen LogP contribution in [-0.4, -0.2) is 18.1 Å². The molecule has 0 N–H and O–H groups in total. The molecule has 132 valence electrons. The Morgan fingerprint density at radius 1 is 1.31 bits per heavy atom. The van der Waals surface area contributed by atoms with E-state index in [1.54, 1.807) is 19.2 Å². The lowest BCUT2D eigenvalue weighted by Crippen LogP contribution is -2.05. The van der Waals surface area contributed by atoms with Crippen molar-refractivity contribution in [2.45, 2.75) is 13.5 Å². The summed E-state index contributed by atoms with van der Waals surface area (Å²) >= 11 is 1.53. The van der Waals surface area contributed by atoms with Crippen LogP contribution in [0.5, 0.6) is 5.75 Å². The lowest BCUT2D eigenvalue weighted by molar-refractivity contribution is 0.0432. The highest BCUT2D eigenvalue weighted by Gasteiger charge is 2.20. The number of benzene rings is 1. The summed E-state index contributed by atoms with van der Waals surface area (Å²) in [5.41, 5.74) is 1.86. The van der Waals surface area contributed by atoms with E-state index < -0.39 is 5.97 Å². The molecule has 4 aromatic rings. The van der Waals surface area contributed by atoms with Crippen molar-refractivity contribution in [3.63, 3.8) is 0 Å². The van der Waals surface area contributed by atoms with E-state index in [1.165, 1.54) is 17.6 Å². The number of esters is 1. The number of hydrogen-bond acceptors (Lipinski definition) is 7. The first-order valence-electron chi connectivity index (χ1n) is 7.88. The monoisotopic (exact) mass is 369 g/mol. The van der Waals surface area contributed by atoms with Crippen LogP contribution in [0.2, 0.25) is 0 Å². The Bertz CT molecular complexity index is 1060. The smallest absolute Gasteiger partial charge is 0.374 e. The minimum atomic E-state index is -0.543. The number of carbonyl (C=O) groups is 1. The van der Waals surface area contributed by atoms with Gasteiger partial charge in [0.05, 0.1) is 12.0 Å². The summed E-state index contributed by atoms with van der Waals surface area (Å²) in [6.07, 6.45) is 1.48. The van der Waals surface area contributed by atoms with Crippen LogP contribution in [0.1, 0.15) is 21.8 Å². The summed E-state index contributed by atoms with van der Waals surface area (Å²) in [4.78, 5) is 17.6. The van der Waals surface area contributed by atoms with Crippen molar-refractivity contribution in [2.24, 2.45) is 0 Å². The first-order chi connectivity index (χ1) is 12.7. The van der Waals surface area contributed by atoms with Crippen molar-refractivity contribution in [3.8, 4) is 16.5 Å². The SMILES string of the molecule is COc1ccc2oc(C(=O)OCc3coc(-c4cccs4)n3)c(C)c2c1. The molecule has 3 aromatic heterocycles. The zero-order valence-electron chi connectivity index (χ0n) is 14.1. The summed E-state index contributed by atoms with van der Waals surface area (Å²) in [5, 5.41) is 2.76. The predicted molar refractivity (Wildman–Crippen MR) is 96.4 cm³/mol. The van der Waals surface area contributed by atoms with Gasteiger partial charge in [-0.2, -0.15) is 0 Å². The van der Waals surface area contributed by atoms with Gasteiger partial charge in [0.2, 0.25) is 11.7 Å². The Morgan fingerprint density at radius 3 is 2.96 bits per heavy atom. The average Bonchev–Trinajstić information content (AvgIpc) is 3.39. The van der Waals surface area contributed by atoms with Crippen LogP contribution in [0.25, 0.3) is 21.7 Å².